The Bertz CT molecular complexity index is 447. The molecule has 0 bridgehead atoms. The lowest BCUT2D eigenvalue weighted by atomic mass is 10.1. The second-order valence-corrected chi connectivity index (χ2v) is 5.63. The average Bonchev–Trinajstić information content (AvgIpc) is 2.75. The van der Waals surface area contributed by atoms with Crippen molar-refractivity contribution in [1.29, 1.82) is 0 Å². The van der Waals surface area contributed by atoms with Crippen LogP contribution >= 0.6 is 0 Å². The fourth-order valence-corrected chi connectivity index (χ4v) is 2.62. The molecule has 1 N–H and O–H groups in total. The fourth-order valence-electron chi connectivity index (χ4n) is 2.62. The van der Waals surface area contributed by atoms with E-state index >= 15 is 0 Å². The Kier molecular flexibility index (Phi) is 3.79. The van der Waals surface area contributed by atoms with E-state index < -0.39 is 24.3 Å². The predicted octanol–water partition coefficient (Wildman–Crippen LogP) is 1.44. The summed E-state index contributed by atoms with van der Waals surface area (Å²) in [5, 5.41) is 10.3. The van der Waals surface area contributed by atoms with E-state index in [1.807, 2.05) is 44.2 Å². The Balaban J connectivity index is 1.59. The van der Waals surface area contributed by atoms with Crippen molar-refractivity contribution in [3.8, 4) is 0 Å². The van der Waals surface area contributed by atoms with Crippen molar-refractivity contribution >= 4 is 0 Å². The molecule has 5 nitrogen and oxygen atoms in total. The van der Waals surface area contributed by atoms with E-state index in [4.69, 9.17) is 18.9 Å². The largest absolute Gasteiger partial charge is 0.385 e. The number of rotatable bonds is 3. The molecule has 20 heavy (non-hydrogen) atoms. The number of fused-ring (bicyclic) bond motifs is 1. The van der Waals surface area contributed by atoms with Gasteiger partial charge in [0.25, 0.3) is 0 Å². The summed E-state index contributed by atoms with van der Waals surface area (Å²) in [6.07, 6.45) is -2.18. The van der Waals surface area contributed by atoms with Crippen molar-refractivity contribution in [3.63, 3.8) is 0 Å². The predicted molar refractivity (Wildman–Crippen MR) is 70.8 cm³/mol. The molecule has 0 unspecified atom stereocenters. The van der Waals surface area contributed by atoms with E-state index in [9.17, 15) is 5.11 Å². The molecule has 0 amide bonds. The van der Waals surface area contributed by atoms with E-state index in [0.29, 0.717) is 13.2 Å². The van der Waals surface area contributed by atoms with E-state index in [-0.39, 0.29) is 6.10 Å². The van der Waals surface area contributed by atoms with Gasteiger partial charge >= 0.3 is 0 Å². The Morgan fingerprint density at radius 2 is 2.00 bits per heavy atom. The summed E-state index contributed by atoms with van der Waals surface area (Å²) in [4.78, 5) is 0. The SMILES string of the molecule is CC1(C)O[C@H]2[C@H](O)[C@H](OCc3ccccc3)OC[C@H]2O1. The first kappa shape index (κ1) is 14.0. The average molecular weight is 280 g/mol. The molecule has 5 heteroatoms. The summed E-state index contributed by atoms with van der Waals surface area (Å²) in [5.74, 6) is -0.687. The first-order chi connectivity index (χ1) is 9.55. The van der Waals surface area contributed by atoms with Gasteiger partial charge in [-0.3, -0.25) is 0 Å². The summed E-state index contributed by atoms with van der Waals surface area (Å²) in [7, 11) is 0. The quantitative estimate of drug-likeness (QED) is 0.908. The first-order valence-corrected chi connectivity index (χ1v) is 6.86. The summed E-state index contributed by atoms with van der Waals surface area (Å²) in [6, 6.07) is 9.78. The van der Waals surface area contributed by atoms with Crippen molar-refractivity contribution < 1.29 is 24.1 Å². The number of aliphatic hydroxyl groups is 1. The number of ether oxygens (including phenoxy) is 4. The van der Waals surface area contributed by atoms with Crippen LogP contribution in [0.4, 0.5) is 0 Å². The number of hydrogen-bond donors (Lipinski definition) is 1. The minimum absolute atomic E-state index is 0.239. The van der Waals surface area contributed by atoms with Crippen molar-refractivity contribution in [2.24, 2.45) is 0 Å². The van der Waals surface area contributed by atoms with Gasteiger partial charge in [0.05, 0.1) is 13.2 Å². The van der Waals surface area contributed by atoms with Gasteiger partial charge in [-0.1, -0.05) is 30.3 Å². The van der Waals surface area contributed by atoms with Gasteiger partial charge in [0.15, 0.2) is 12.1 Å². The van der Waals surface area contributed by atoms with Gasteiger partial charge < -0.3 is 24.1 Å². The highest BCUT2D eigenvalue weighted by Crippen LogP contribution is 2.34. The number of hydrogen-bond acceptors (Lipinski definition) is 5. The molecule has 4 atom stereocenters. The second-order valence-electron chi connectivity index (χ2n) is 5.63. The molecule has 2 saturated heterocycles. The van der Waals surface area contributed by atoms with Gasteiger partial charge in [-0.15, -0.1) is 0 Å². The molecule has 0 aliphatic carbocycles. The van der Waals surface area contributed by atoms with Crippen LogP contribution in [0.3, 0.4) is 0 Å². The highest BCUT2D eigenvalue weighted by atomic mass is 16.8. The molecule has 0 aromatic heterocycles. The van der Waals surface area contributed by atoms with Crippen molar-refractivity contribution in [1.82, 2.24) is 0 Å². The van der Waals surface area contributed by atoms with Gasteiger partial charge in [-0.25, -0.2) is 0 Å². The van der Waals surface area contributed by atoms with Crippen molar-refractivity contribution in [2.75, 3.05) is 6.61 Å². The summed E-state index contributed by atoms with van der Waals surface area (Å²) in [6.45, 7) is 4.42. The Labute approximate surface area is 118 Å². The third-order valence-corrected chi connectivity index (χ3v) is 3.52. The zero-order valence-electron chi connectivity index (χ0n) is 11.7. The smallest absolute Gasteiger partial charge is 0.186 e. The summed E-state index contributed by atoms with van der Waals surface area (Å²) < 4.78 is 22.6. The van der Waals surface area contributed by atoms with Gasteiger partial charge in [0, 0.05) is 0 Å². The minimum Gasteiger partial charge on any atom is -0.385 e. The fraction of sp³-hybridized carbons (Fsp3) is 0.600. The Hall–Kier alpha value is -0.980. The normalized spacial score (nSPS) is 35.8. The van der Waals surface area contributed by atoms with Crippen LogP contribution in [0, 0.1) is 0 Å². The lowest BCUT2D eigenvalue weighted by Gasteiger charge is -2.34. The monoisotopic (exact) mass is 280 g/mol. The van der Waals surface area contributed by atoms with Gasteiger partial charge in [0.2, 0.25) is 0 Å². The lowest BCUT2D eigenvalue weighted by Crippen LogP contribution is -2.52. The molecule has 110 valence electrons. The second kappa shape index (κ2) is 5.42. The lowest BCUT2D eigenvalue weighted by molar-refractivity contribution is -0.255. The van der Waals surface area contributed by atoms with Crippen LogP contribution in [-0.2, 0) is 25.6 Å². The highest BCUT2D eigenvalue weighted by molar-refractivity contribution is 5.13. The Morgan fingerprint density at radius 3 is 2.75 bits per heavy atom. The molecule has 0 saturated carbocycles. The molecular weight excluding hydrogens is 260 g/mol. The van der Waals surface area contributed by atoms with Crippen LogP contribution < -0.4 is 0 Å². The minimum atomic E-state index is -0.848. The number of aliphatic hydroxyl groups excluding tert-OH is 1. The molecule has 2 aliphatic rings. The van der Waals surface area contributed by atoms with Crippen molar-refractivity contribution in [2.45, 2.75) is 50.8 Å². The van der Waals surface area contributed by atoms with Crippen LogP contribution in [0.25, 0.3) is 0 Å². The zero-order valence-corrected chi connectivity index (χ0v) is 11.7. The first-order valence-electron chi connectivity index (χ1n) is 6.86. The molecular formula is C15H20O5. The standard InChI is InChI=1S/C15H20O5/c1-15(2)19-11-9-18-14(12(16)13(11)20-15)17-8-10-6-4-3-5-7-10/h3-7,11-14,16H,8-9H2,1-2H3/t11-,12+,13-,14-/m1/s1. The molecule has 2 heterocycles. The van der Waals surface area contributed by atoms with Crippen LogP contribution in [-0.4, -0.2) is 42.1 Å². The molecule has 0 spiro atoms. The van der Waals surface area contributed by atoms with E-state index in [1.165, 1.54) is 0 Å². The van der Waals surface area contributed by atoms with Crippen LogP contribution in [0.15, 0.2) is 30.3 Å². The maximum Gasteiger partial charge on any atom is 0.186 e. The van der Waals surface area contributed by atoms with Crippen molar-refractivity contribution in [3.05, 3.63) is 35.9 Å². The highest BCUT2D eigenvalue weighted by Gasteiger charge is 2.50. The van der Waals surface area contributed by atoms with Gasteiger partial charge in [-0.2, -0.15) is 0 Å². The van der Waals surface area contributed by atoms with E-state index in [1.54, 1.807) is 0 Å². The van der Waals surface area contributed by atoms with E-state index in [0.717, 1.165) is 5.56 Å². The van der Waals surface area contributed by atoms with Crippen LogP contribution in [0.2, 0.25) is 0 Å². The molecule has 1 aromatic carbocycles. The third-order valence-electron chi connectivity index (χ3n) is 3.52. The molecule has 2 fully saturated rings. The van der Waals surface area contributed by atoms with Crippen LogP contribution in [0.1, 0.15) is 19.4 Å². The topological polar surface area (TPSA) is 57.2 Å². The van der Waals surface area contributed by atoms with E-state index in [2.05, 4.69) is 0 Å². The summed E-state index contributed by atoms with van der Waals surface area (Å²) >= 11 is 0. The zero-order chi connectivity index (χ0) is 14.2. The number of benzene rings is 1. The molecule has 1 aromatic rings. The Morgan fingerprint density at radius 1 is 1.25 bits per heavy atom. The molecule has 3 rings (SSSR count). The maximum absolute atomic E-state index is 10.3. The van der Waals surface area contributed by atoms with Crippen LogP contribution in [0.5, 0.6) is 0 Å². The third kappa shape index (κ3) is 2.87. The van der Waals surface area contributed by atoms with Gasteiger partial charge in [-0.05, 0) is 19.4 Å². The molecule has 0 radical (unpaired) electrons. The molecule has 2 aliphatic heterocycles. The maximum atomic E-state index is 10.3. The van der Waals surface area contributed by atoms with Gasteiger partial charge in [0.1, 0.15) is 18.3 Å². The summed E-state index contributed by atoms with van der Waals surface area (Å²) in [5.41, 5.74) is 1.04.